The van der Waals surface area contributed by atoms with Gasteiger partial charge in [0.05, 0.1) is 17.7 Å². The number of nitrogens with zero attached hydrogens (tertiary/aromatic N) is 8. The van der Waals surface area contributed by atoms with E-state index in [1.54, 1.807) is 17.0 Å². The fraction of sp³-hybridized carbons (Fsp3) is 0.350. The Labute approximate surface area is 168 Å². The molecule has 0 spiro atoms. The van der Waals surface area contributed by atoms with Gasteiger partial charge in [0.2, 0.25) is 11.8 Å². The molecule has 5 rings (SSSR count). The van der Waals surface area contributed by atoms with Crippen LogP contribution >= 0.6 is 0 Å². The molecule has 9 heteroatoms. The SMILES string of the molecule is CCN1CCN(c2nccc(-c3cnc4nc(-c5ccco5)nn4c3C)n2)CC1. The van der Waals surface area contributed by atoms with Crippen LogP contribution in [-0.4, -0.2) is 67.2 Å². The van der Waals surface area contributed by atoms with E-state index >= 15 is 0 Å². The molecule has 0 unspecified atom stereocenters. The van der Waals surface area contributed by atoms with Crippen LogP contribution in [-0.2, 0) is 0 Å². The third-order valence-electron chi connectivity index (χ3n) is 5.37. The molecule has 0 bridgehead atoms. The minimum Gasteiger partial charge on any atom is -0.461 e. The molecule has 1 saturated heterocycles. The first-order valence-electron chi connectivity index (χ1n) is 9.80. The number of likely N-dealkylation sites (N-methyl/N-ethyl adjacent to an activating group) is 1. The molecular weight excluding hydrogens is 368 g/mol. The lowest BCUT2D eigenvalue weighted by Gasteiger charge is -2.34. The molecule has 148 valence electrons. The zero-order valence-electron chi connectivity index (χ0n) is 16.5. The van der Waals surface area contributed by atoms with Crippen LogP contribution in [0.4, 0.5) is 5.95 Å². The van der Waals surface area contributed by atoms with Crippen molar-refractivity contribution >= 4 is 11.7 Å². The van der Waals surface area contributed by atoms with Crippen LogP contribution in [0.3, 0.4) is 0 Å². The lowest BCUT2D eigenvalue weighted by molar-refractivity contribution is 0.270. The number of furan rings is 1. The molecule has 0 amide bonds. The van der Waals surface area contributed by atoms with Gasteiger partial charge in [0.25, 0.3) is 5.78 Å². The Bertz CT molecular complexity index is 1130. The summed E-state index contributed by atoms with van der Waals surface area (Å²) in [5.41, 5.74) is 2.65. The zero-order chi connectivity index (χ0) is 19.8. The first-order valence-corrected chi connectivity index (χ1v) is 9.80. The lowest BCUT2D eigenvalue weighted by Crippen LogP contribution is -2.46. The summed E-state index contributed by atoms with van der Waals surface area (Å²) in [7, 11) is 0. The molecule has 4 aromatic heterocycles. The van der Waals surface area contributed by atoms with Crippen molar-refractivity contribution in [2.75, 3.05) is 37.6 Å². The van der Waals surface area contributed by atoms with E-state index in [0.29, 0.717) is 17.4 Å². The van der Waals surface area contributed by atoms with E-state index in [-0.39, 0.29) is 0 Å². The highest BCUT2D eigenvalue weighted by atomic mass is 16.3. The van der Waals surface area contributed by atoms with Gasteiger partial charge in [-0.15, -0.1) is 5.10 Å². The quantitative estimate of drug-likeness (QED) is 0.524. The van der Waals surface area contributed by atoms with Crippen molar-refractivity contribution in [1.82, 2.24) is 34.4 Å². The Morgan fingerprint density at radius 2 is 1.93 bits per heavy atom. The van der Waals surface area contributed by atoms with E-state index in [2.05, 4.69) is 36.8 Å². The Balaban J connectivity index is 1.48. The highest BCUT2D eigenvalue weighted by Crippen LogP contribution is 2.24. The average Bonchev–Trinajstić information content (AvgIpc) is 3.44. The number of rotatable bonds is 4. The summed E-state index contributed by atoms with van der Waals surface area (Å²) in [6.07, 6.45) is 5.21. The number of aryl methyl sites for hydroxylation is 1. The van der Waals surface area contributed by atoms with Gasteiger partial charge in [-0.2, -0.15) is 4.98 Å². The molecule has 4 aromatic rings. The van der Waals surface area contributed by atoms with Crippen LogP contribution in [0.1, 0.15) is 12.6 Å². The van der Waals surface area contributed by atoms with Gasteiger partial charge in [-0.05, 0) is 31.7 Å². The van der Waals surface area contributed by atoms with Gasteiger partial charge in [-0.1, -0.05) is 6.92 Å². The van der Waals surface area contributed by atoms with Crippen LogP contribution in [0.15, 0.2) is 41.3 Å². The third kappa shape index (κ3) is 3.23. The summed E-state index contributed by atoms with van der Waals surface area (Å²) in [6.45, 7) is 9.20. The van der Waals surface area contributed by atoms with E-state index in [1.807, 2.05) is 31.3 Å². The molecule has 0 atom stereocenters. The van der Waals surface area contributed by atoms with Gasteiger partial charge >= 0.3 is 0 Å². The second-order valence-corrected chi connectivity index (χ2v) is 7.04. The first-order chi connectivity index (χ1) is 14.2. The van der Waals surface area contributed by atoms with Crippen molar-refractivity contribution in [2.24, 2.45) is 0 Å². The van der Waals surface area contributed by atoms with Crippen LogP contribution in [0, 0.1) is 6.92 Å². The van der Waals surface area contributed by atoms with E-state index in [0.717, 1.165) is 55.6 Å². The summed E-state index contributed by atoms with van der Waals surface area (Å²) in [4.78, 5) is 22.9. The minimum absolute atomic E-state index is 0.514. The third-order valence-corrected chi connectivity index (χ3v) is 5.37. The lowest BCUT2D eigenvalue weighted by atomic mass is 10.2. The summed E-state index contributed by atoms with van der Waals surface area (Å²) >= 11 is 0. The van der Waals surface area contributed by atoms with E-state index < -0.39 is 0 Å². The normalized spacial score (nSPS) is 15.3. The van der Waals surface area contributed by atoms with E-state index in [1.165, 1.54) is 0 Å². The fourth-order valence-electron chi connectivity index (χ4n) is 3.62. The van der Waals surface area contributed by atoms with Crippen molar-refractivity contribution in [1.29, 1.82) is 0 Å². The highest BCUT2D eigenvalue weighted by Gasteiger charge is 2.19. The molecule has 9 nitrogen and oxygen atoms in total. The van der Waals surface area contributed by atoms with Crippen molar-refractivity contribution in [3.63, 3.8) is 0 Å². The number of fused-ring (bicyclic) bond motifs is 1. The van der Waals surface area contributed by atoms with Crippen LogP contribution in [0.25, 0.3) is 28.6 Å². The maximum atomic E-state index is 5.41. The van der Waals surface area contributed by atoms with Gasteiger partial charge in [-0.25, -0.2) is 19.5 Å². The maximum Gasteiger partial charge on any atom is 0.253 e. The average molecular weight is 390 g/mol. The van der Waals surface area contributed by atoms with Crippen LogP contribution in [0.5, 0.6) is 0 Å². The molecule has 0 radical (unpaired) electrons. The molecule has 1 fully saturated rings. The standard InChI is InChI=1S/C20H22N8O/c1-3-26-8-10-27(11-9-26)19-21-7-6-16(23-19)15-13-22-20-24-18(17-5-4-12-29-17)25-28(20)14(15)2/h4-7,12-13H,3,8-11H2,1-2H3. The number of anilines is 1. The fourth-order valence-corrected chi connectivity index (χ4v) is 3.62. The second kappa shape index (κ2) is 7.25. The van der Waals surface area contributed by atoms with Gasteiger partial charge in [-0.3, -0.25) is 0 Å². The monoisotopic (exact) mass is 390 g/mol. The predicted octanol–water partition coefficient (Wildman–Crippen LogP) is 2.29. The topological polar surface area (TPSA) is 88.5 Å². The van der Waals surface area contributed by atoms with E-state index in [9.17, 15) is 0 Å². The summed E-state index contributed by atoms with van der Waals surface area (Å²) in [5, 5.41) is 4.56. The Morgan fingerprint density at radius 1 is 1.07 bits per heavy atom. The zero-order valence-corrected chi connectivity index (χ0v) is 16.5. The number of piperazine rings is 1. The van der Waals surface area contributed by atoms with E-state index in [4.69, 9.17) is 9.40 Å². The van der Waals surface area contributed by atoms with Gasteiger partial charge in [0.1, 0.15) is 0 Å². The summed E-state index contributed by atoms with van der Waals surface area (Å²) in [6, 6.07) is 5.56. The van der Waals surface area contributed by atoms with Crippen molar-refractivity contribution in [2.45, 2.75) is 13.8 Å². The molecule has 1 aliphatic rings. The van der Waals surface area contributed by atoms with Gasteiger partial charge < -0.3 is 14.2 Å². The Morgan fingerprint density at radius 3 is 2.69 bits per heavy atom. The molecule has 1 aliphatic heterocycles. The first kappa shape index (κ1) is 17.7. The Hall–Kier alpha value is -3.33. The molecule has 5 heterocycles. The van der Waals surface area contributed by atoms with Crippen molar-refractivity contribution in [3.8, 4) is 22.8 Å². The predicted molar refractivity (Wildman–Crippen MR) is 109 cm³/mol. The number of hydrogen-bond acceptors (Lipinski definition) is 8. The highest BCUT2D eigenvalue weighted by molar-refractivity contribution is 5.64. The minimum atomic E-state index is 0.514. The molecule has 0 aromatic carbocycles. The number of aromatic nitrogens is 6. The largest absolute Gasteiger partial charge is 0.461 e. The van der Waals surface area contributed by atoms with Gasteiger partial charge in [0.15, 0.2) is 5.76 Å². The summed E-state index contributed by atoms with van der Waals surface area (Å²) in [5.74, 6) is 2.42. The van der Waals surface area contributed by atoms with Crippen molar-refractivity contribution < 1.29 is 4.42 Å². The van der Waals surface area contributed by atoms with Gasteiger partial charge in [0, 0.05) is 44.1 Å². The number of hydrogen-bond donors (Lipinski definition) is 0. The molecule has 0 saturated carbocycles. The molecule has 29 heavy (non-hydrogen) atoms. The molecule has 0 N–H and O–H groups in total. The second-order valence-electron chi connectivity index (χ2n) is 7.04. The molecular formula is C20H22N8O. The Kier molecular flexibility index (Phi) is 4.44. The van der Waals surface area contributed by atoms with Crippen molar-refractivity contribution in [3.05, 3.63) is 42.5 Å². The summed E-state index contributed by atoms with van der Waals surface area (Å²) < 4.78 is 7.14. The smallest absolute Gasteiger partial charge is 0.253 e. The van der Waals surface area contributed by atoms with Crippen LogP contribution < -0.4 is 4.90 Å². The maximum absolute atomic E-state index is 5.41. The van der Waals surface area contributed by atoms with Crippen LogP contribution in [0.2, 0.25) is 0 Å². The molecule has 0 aliphatic carbocycles.